The Kier molecular flexibility index (Phi) is 6.42. The minimum atomic E-state index is -0.153. The van der Waals surface area contributed by atoms with Crippen LogP contribution in [0.15, 0.2) is 46.3 Å². The number of benzene rings is 2. The van der Waals surface area contributed by atoms with Crippen molar-refractivity contribution in [3.8, 4) is 11.4 Å². The topological polar surface area (TPSA) is 53.3 Å². The first kappa shape index (κ1) is 19.7. The van der Waals surface area contributed by atoms with E-state index in [2.05, 4.69) is 0 Å². The van der Waals surface area contributed by atoms with Gasteiger partial charge in [-0.25, -0.2) is 4.98 Å². The molecule has 0 saturated carbocycles. The Morgan fingerprint density at radius 1 is 1.22 bits per heavy atom. The van der Waals surface area contributed by atoms with E-state index in [9.17, 15) is 4.79 Å². The van der Waals surface area contributed by atoms with Gasteiger partial charge >= 0.3 is 0 Å². The molecular weight excluding hydrogens is 384 g/mol. The van der Waals surface area contributed by atoms with Gasteiger partial charge in [0.2, 0.25) is 0 Å². The van der Waals surface area contributed by atoms with E-state index >= 15 is 0 Å². The van der Waals surface area contributed by atoms with Crippen LogP contribution in [-0.4, -0.2) is 35.6 Å². The number of thioether (sulfide) groups is 1. The summed E-state index contributed by atoms with van der Waals surface area (Å²) in [5, 5.41) is 1.64. The van der Waals surface area contributed by atoms with Gasteiger partial charge < -0.3 is 9.47 Å². The van der Waals surface area contributed by atoms with Crippen LogP contribution in [0.1, 0.15) is 12.5 Å². The monoisotopic (exact) mass is 404 g/mol. The minimum Gasteiger partial charge on any atom is -0.495 e. The second-order valence-electron chi connectivity index (χ2n) is 5.92. The van der Waals surface area contributed by atoms with Crippen LogP contribution in [0, 0.1) is 6.92 Å². The Balaban J connectivity index is 2.22. The molecule has 5 nitrogen and oxygen atoms in total. The van der Waals surface area contributed by atoms with E-state index in [4.69, 9.17) is 26.1 Å². The van der Waals surface area contributed by atoms with Gasteiger partial charge in [0.25, 0.3) is 5.56 Å². The van der Waals surface area contributed by atoms with Crippen molar-refractivity contribution in [3.63, 3.8) is 0 Å². The van der Waals surface area contributed by atoms with Crippen LogP contribution in [0.3, 0.4) is 0 Å². The molecule has 0 unspecified atom stereocenters. The Morgan fingerprint density at radius 2 is 2.04 bits per heavy atom. The number of nitrogens with zero attached hydrogens (tertiary/aromatic N) is 2. The van der Waals surface area contributed by atoms with Gasteiger partial charge in [0.15, 0.2) is 5.16 Å². The summed E-state index contributed by atoms with van der Waals surface area (Å²) >= 11 is 7.57. The van der Waals surface area contributed by atoms with Gasteiger partial charge in [0, 0.05) is 17.4 Å². The summed E-state index contributed by atoms with van der Waals surface area (Å²) in [6.45, 7) is 5.16. The molecule has 0 radical (unpaired) electrons. The van der Waals surface area contributed by atoms with Crippen LogP contribution in [0.2, 0.25) is 5.02 Å². The lowest BCUT2D eigenvalue weighted by molar-refractivity contribution is 0.164. The molecule has 0 atom stereocenters. The number of halogens is 1. The first-order chi connectivity index (χ1) is 13.0. The van der Waals surface area contributed by atoms with Crippen molar-refractivity contribution in [2.24, 2.45) is 0 Å². The molecule has 0 aliphatic heterocycles. The zero-order valence-electron chi connectivity index (χ0n) is 15.5. The fourth-order valence-electron chi connectivity index (χ4n) is 2.76. The van der Waals surface area contributed by atoms with Gasteiger partial charge in [-0.1, -0.05) is 29.4 Å². The van der Waals surface area contributed by atoms with Crippen molar-refractivity contribution >= 4 is 34.3 Å². The molecule has 142 valence electrons. The third-order valence-corrected chi connectivity index (χ3v) is 5.18. The number of methoxy groups -OCH3 is 1. The average Bonchev–Trinajstić information content (AvgIpc) is 2.65. The minimum absolute atomic E-state index is 0.153. The average molecular weight is 405 g/mol. The van der Waals surface area contributed by atoms with E-state index in [1.807, 2.05) is 32.0 Å². The standard InChI is InChI=1S/C20H21ClN2O3S/c1-4-26-9-10-27-20-22-16-12-14(21)6-7-15(16)19(24)23(20)17-11-13(2)5-8-18(17)25-3/h5-8,11-12H,4,9-10H2,1-3H3. The fraction of sp³-hybridized carbons (Fsp3) is 0.300. The third kappa shape index (κ3) is 4.29. The smallest absolute Gasteiger partial charge is 0.266 e. The summed E-state index contributed by atoms with van der Waals surface area (Å²) in [5.74, 6) is 1.30. The summed E-state index contributed by atoms with van der Waals surface area (Å²) in [6, 6.07) is 10.9. The van der Waals surface area contributed by atoms with Gasteiger partial charge in [-0.05, 0) is 49.7 Å². The van der Waals surface area contributed by atoms with Gasteiger partial charge in [0.1, 0.15) is 5.75 Å². The molecule has 27 heavy (non-hydrogen) atoms. The highest BCUT2D eigenvalue weighted by molar-refractivity contribution is 7.99. The van der Waals surface area contributed by atoms with E-state index in [0.29, 0.717) is 51.5 Å². The van der Waals surface area contributed by atoms with Crippen molar-refractivity contribution in [2.45, 2.75) is 19.0 Å². The van der Waals surface area contributed by atoms with Crippen LogP contribution < -0.4 is 10.3 Å². The Hall–Kier alpha value is -2.02. The number of aryl methyl sites for hydroxylation is 1. The van der Waals surface area contributed by atoms with E-state index in [1.54, 1.807) is 29.9 Å². The van der Waals surface area contributed by atoms with E-state index in [1.165, 1.54) is 11.8 Å². The van der Waals surface area contributed by atoms with Crippen molar-refractivity contribution in [1.29, 1.82) is 0 Å². The maximum absolute atomic E-state index is 13.3. The van der Waals surface area contributed by atoms with Crippen molar-refractivity contribution in [3.05, 3.63) is 57.3 Å². The van der Waals surface area contributed by atoms with Gasteiger partial charge in [-0.3, -0.25) is 9.36 Å². The molecule has 0 spiro atoms. The number of hydrogen-bond donors (Lipinski definition) is 0. The molecule has 0 saturated heterocycles. The normalized spacial score (nSPS) is 11.1. The van der Waals surface area contributed by atoms with Crippen LogP contribution in [0.5, 0.6) is 5.75 Å². The number of rotatable bonds is 7. The number of fused-ring (bicyclic) bond motifs is 1. The van der Waals surface area contributed by atoms with E-state index < -0.39 is 0 Å². The zero-order valence-corrected chi connectivity index (χ0v) is 17.1. The first-order valence-corrected chi connectivity index (χ1v) is 9.99. The molecule has 0 bridgehead atoms. The molecule has 0 aliphatic carbocycles. The number of hydrogen-bond acceptors (Lipinski definition) is 5. The fourth-order valence-corrected chi connectivity index (χ4v) is 3.78. The van der Waals surface area contributed by atoms with Gasteiger partial charge in [0.05, 0.1) is 30.3 Å². The van der Waals surface area contributed by atoms with Crippen LogP contribution in [0.25, 0.3) is 16.6 Å². The van der Waals surface area contributed by atoms with Crippen LogP contribution >= 0.6 is 23.4 Å². The highest BCUT2D eigenvalue weighted by Crippen LogP contribution is 2.28. The summed E-state index contributed by atoms with van der Waals surface area (Å²) in [4.78, 5) is 18.0. The summed E-state index contributed by atoms with van der Waals surface area (Å²) in [7, 11) is 1.59. The highest BCUT2D eigenvalue weighted by Gasteiger charge is 2.17. The molecule has 7 heteroatoms. The molecule has 1 heterocycles. The molecule has 0 aliphatic rings. The number of aromatic nitrogens is 2. The predicted molar refractivity (Wildman–Crippen MR) is 111 cm³/mol. The Labute approximate surface area is 167 Å². The maximum atomic E-state index is 13.3. The molecule has 0 N–H and O–H groups in total. The predicted octanol–water partition coefficient (Wildman–Crippen LogP) is 4.48. The molecule has 3 rings (SSSR count). The van der Waals surface area contributed by atoms with Gasteiger partial charge in [-0.2, -0.15) is 0 Å². The molecule has 0 fully saturated rings. The van der Waals surface area contributed by atoms with Crippen molar-refractivity contribution < 1.29 is 9.47 Å². The second kappa shape index (κ2) is 8.78. The summed E-state index contributed by atoms with van der Waals surface area (Å²) < 4.78 is 12.5. The molecular formula is C20H21ClN2O3S. The summed E-state index contributed by atoms with van der Waals surface area (Å²) in [6.07, 6.45) is 0. The third-order valence-electron chi connectivity index (χ3n) is 4.04. The van der Waals surface area contributed by atoms with Crippen molar-refractivity contribution in [2.75, 3.05) is 26.1 Å². The summed E-state index contributed by atoms with van der Waals surface area (Å²) in [5.41, 5.74) is 2.12. The van der Waals surface area contributed by atoms with E-state index in [-0.39, 0.29) is 5.56 Å². The van der Waals surface area contributed by atoms with Crippen LogP contribution in [0.4, 0.5) is 0 Å². The molecule has 1 aromatic heterocycles. The maximum Gasteiger partial charge on any atom is 0.266 e. The lowest BCUT2D eigenvalue weighted by Crippen LogP contribution is -2.22. The Morgan fingerprint density at radius 3 is 2.78 bits per heavy atom. The van der Waals surface area contributed by atoms with Gasteiger partial charge in [-0.15, -0.1) is 0 Å². The van der Waals surface area contributed by atoms with Crippen LogP contribution in [-0.2, 0) is 4.74 Å². The second-order valence-corrected chi connectivity index (χ2v) is 7.42. The SMILES string of the molecule is CCOCCSc1nc2cc(Cl)ccc2c(=O)n1-c1cc(C)ccc1OC. The quantitative estimate of drug-likeness (QED) is 0.330. The molecule has 3 aromatic rings. The van der Waals surface area contributed by atoms with Crippen molar-refractivity contribution in [1.82, 2.24) is 9.55 Å². The molecule has 2 aromatic carbocycles. The number of ether oxygens (including phenoxy) is 2. The first-order valence-electron chi connectivity index (χ1n) is 8.63. The molecule has 0 amide bonds. The lowest BCUT2D eigenvalue weighted by Gasteiger charge is -2.16. The zero-order chi connectivity index (χ0) is 19.4. The lowest BCUT2D eigenvalue weighted by atomic mass is 10.2. The largest absolute Gasteiger partial charge is 0.495 e. The Bertz CT molecular complexity index is 1020. The van der Waals surface area contributed by atoms with E-state index in [0.717, 1.165) is 5.56 Å². The highest BCUT2D eigenvalue weighted by atomic mass is 35.5.